The Labute approximate surface area is 160 Å². The van der Waals surface area contributed by atoms with Crippen molar-refractivity contribution in [1.29, 1.82) is 0 Å². The van der Waals surface area contributed by atoms with E-state index in [1.165, 1.54) is 0 Å². The lowest BCUT2D eigenvalue weighted by atomic mass is 10.1. The molecule has 8 heteroatoms. The highest BCUT2D eigenvalue weighted by Crippen LogP contribution is 2.14. The van der Waals surface area contributed by atoms with Crippen LogP contribution >= 0.6 is 0 Å². The Morgan fingerprint density at radius 3 is 2.46 bits per heavy atom. The van der Waals surface area contributed by atoms with Crippen LogP contribution in [0, 0.1) is 0 Å². The number of hydrogen-bond acceptors (Lipinski definition) is 7. The highest BCUT2D eigenvalue weighted by molar-refractivity contribution is 5.98. The number of benzene rings is 2. The van der Waals surface area contributed by atoms with Crippen molar-refractivity contribution in [3.63, 3.8) is 0 Å². The molecule has 8 nitrogen and oxygen atoms in total. The normalized spacial score (nSPS) is 10.5. The summed E-state index contributed by atoms with van der Waals surface area (Å²) in [5.41, 5.74) is 0.999. The van der Waals surface area contributed by atoms with Crippen LogP contribution in [-0.2, 0) is 16.1 Å². The second-order valence-corrected chi connectivity index (χ2v) is 5.74. The van der Waals surface area contributed by atoms with Gasteiger partial charge in [0, 0.05) is 11.1 Å². The predicted octanol–water partition coefficient (Wildman–Crippen LogP) is 2.33. The first-order chi connectivity index (χ1) is 13.6. The minimum atomic E-state index is -0.784. The molecule has 0 N–H and O–H groups in total. The van der Waals surface area contributed by atoms with Crippen LogP contribution in [0.5, 0.6) is 5.75 Å². The van der Waals surface area contributed by atoms with Gasteiger partial charge in [-0.05, 0) is 43.3 Å². The molecule has 0 saturated heterocycles. The van der Waals surface area contributed by atoms with Crippen LogP contribution in [0.25, 0.3) is 11.5 Å². The maximum Gasteiger partial charge on any atom is 0.437 e. The minimum absolute atomic E-state index is 0.101. The smallest absolute Gasteiger partial charge is 0.437 e. The van der Waals surface area contributed by atoms with Crippen LogP contribution in [0.3, 0.4) is 0 Å². The van der Waals surface area contributed by atoms with Gasteiger partial charge in [-0.1, -0.05) is 18.2 Å². The van der Waals surface area contributed by atoms with Crippen molar-refractivity contribution < 1.29 is 23.5 Å². The Bertz CT molecular complexity index is 1010. The Hall–Kier alpha value is -3.68. The summed E-state index contributed by atoms with van der Waals surface area (Å²) in [5, 5.41) is 3.97. The van der Waals surface area contributed by atoms with Gasteiger partial charge < -0.3 is 13.9 Å². The molecular weight excluding hydrogens is 364 g/mol. The molecule has 0 bridgehead atoms. The topological polar surface area (TPSA) is 101 Å². The molecule has 1 aromatic heterocycles. The molecule has 28 heavy (non-hydrogen) atoms. The first kappa shape index (κ1) is 19.1. The van der Waals surface area contributed by atoms with E-state index in [1.807, 2.05) is 13.0 Å². The van der Waals surface area contributed by atoms with Crippen LogP contribution in [-0.4, -0.2) is 34.7 Å². The average molecular weight is 382 g/mol. The Morgan fingerprint density at radius 1 is 1.07 bits per heavy atom. The molecular formula is C20H18N2O6. The zero-order valence-electron chi connectivity index (χ0n) is 15.2. The fraction of sp³-hybridized carbons (Fsp3) is 0.200. The number of carbonyl (C=O) groups is 2. The summed E-state index contributed by atoms with van der Waals surface area (Å²) in [6.45, 7) is 1.50. The van der Waals surface area contributed by atoms with E-state index >= 15 is 0 Å². The molecule has 3 rings (SSSR count). The lowest BCUT2D eigenvalue weighted by molar-refractivity contribution is -0.143. The molecule has 1 heterocycles. The number of ether oxygens (including phenoxy) is 2. The standard InChI is InChI=1S/C20H18N2O6/c1-2-26-16-10-8-14(9-11-16)17(23)13-27-18(24)12-22-20(25)28-19(21-22)15-6-4-3-5-7-15/h3-11H,2,12-13H2,1H3. The van der Waals surface area contributed by atoms with Crippen molar-refractivity contribution in [2.75, 3.05) is 13.2 Å². The van der Waals surface area contributed by atoms with E-state index in [0.29, 0.717) is 23.5 Å². The molecule has 0 radical (unpaired) electrons. The molecule has 0 amide bonds. The van der Waals surface area contributed by atoms with Crippen molar-refractivity contribution in [3.05, 3.63) is 70.7 Å². The van der Waals surface area contributed by atoms with Crippen LogP contribution < -0.4 is 10.5 Å². The number of nitrogens with zero attached hydrogens (tertiary/aromatic N) is 2. The van der Waals surface area contributed by atoms with E-state index in [-0.39, 0.29) is 11.7 Å². The molecule has 0 spiro atoms. The molecule has 0 aliphatic carbocycles. The van der Waals surface area contributed by atoms with E-state index < -0.39 is 24.9 Å². The Kier molecular flexibility index (Phi) is 6.01. The number of hydrogen-bond donors (Lipinski definition) is 0. The molecule has 144 valence electrons. The van der Waals surface area contributed by atoms with Crippen LogP contribution in [0.2, 0.25) is 0 Å². The number of rotatable bonds is 8. The molecule has 0 unspecified atom stereocenters. The number of carbonyl (C=O) groups excluding carboxylic acids is 2. The summed E-state index contributed by atoms with van der Waals surface area (Å²) in [7, 11) is 0. The van der Waals surface area contributed by atoms with E-state index in [4.69, 9.17) is 13.9 Å². The lowest BCUT2D eigenvalue weighted by Crippen LogP contribution is -2.24. The average Bonchev–Trinajstić information content (AvgIpc) is 3.08. The van der Waals surface area contributed by atoms with Gasteiger partial charge in [0.25, 0.3) is 0 Å². The SMILES string of the molecule is CCOc1ccc(C(=O)COC(=O)Cn2nc(-c3ccccc3)oc2=O)cc1. The summed E-state index contributed by atoms with van der Waals surface area (Å²) in [6.07, 6.45) is 0. The van der Waals surface area contributed by atoms with Gasteiger partial charge in [0.2, 0.25) is 5.89 Å². The second-order valence-electron chi connectivity index (χ2n) is 5.74. The zero-order chi connectivity index (χ0) is 19.9. The van der Waals surface area contributed by atoms with Crippen molar-refractivity contribution >= 4 is 11.8 Å². The van der Waals surface area contributed by atoms with Gasteiger partial charge in [0.1, 0.15) is 12.3 Å². The number of ketones is 1. The maximum absolute atomic E-state index is 12.1. The molecule has 0 fully saturated rings. The van der Waals surface area contributed by atoms with Crippen molar-refractivity contribution in [1.82, 2.24) is 9.78 Å². The summed E-state index contributed by atoms with van der Waals surface area (Å²) >= 11 is 0. The summed E-state index contributed by atoms with van der Waals surface area (Å²) in [6, 6.07) is 15.3. The first-order valence-corrected chi connectivity index (χ1v) is 8.62. The van der Waals surface area contributed by atoms with Crippen molar-refractivity contribution in [2.45, 2.75) is 13.5 Å². The third-order valence-corrected chi connectivity index (χ3v) is 3.76. The fourth-order valence-corrected chi connectivity index (χ4v) is 2.40. The molecule has 0 aliphatic heterocycles. The van der Waals surface area contributed by atoms with Gasteiger partial charge in [-0.15, -0.1) is 5.10 Å². The Balaban J connectivity index is 1.56. The monoisotopic (exact) mass is 382 g/mol. The summed E-state index contributed by atoms with van der Waals surface area (Å²) < 4.78 is 16.1. The van der Waals surface area contributed by atoms with Gasteiger partial charge in [0.15, 0.2) is 12.4 Å². The summed E-state index contributed by atoms with van der Waals surface area (Å²) in [4.78, 5) is 35.9. The molecule has 0 aliphatic rings. The Morgan fingerprint density at radius 2 is 1.79 bits per heavy atom. The predicted molar refractivity (Wildman–Crippen MR) is 99.1 cm³/mol. The van der Waals surface area contributed by atoms with Gasteiger partial charge >= 0.3 is 11.7 Å². The third-order valence-electron chi connectivity index (χ3n) is 3.76. The van der Waals surface area contributed by atoms with Crippen molar-refractivity contribution in [2.24, 2.45) is 0 Å². The highest BCUT2D eigenvalue weighted by Gasteiger charge is 2.15. The van der Waals surface area contributed by atoms with Crippen LogP contribution in [0.4, 0.5) is 0 Å². The number of esters is 1. The van der Waals surface area contributed by atoms with Gasteiger partial charge in [-0.3, -0.25) is 9.59 Å². The van der Waals surface area contributed by atoms with Crippen molar-refractivity contribution in [3.8, 4) is 17.2 Å². The van der Waals surface area contributed by atoms with Gasteiger partial charge in [0.05, 0.1) is 6.61 Å². The lowest BCUT2D eigenvalue weighted by Gasteiger charge is -2.05. The van der Waals surface area contributed by atoms with E-state index in [2.05, 4.69) is 5.10 Å². The first-order valence-electron chi connectivity index (χ1n) is 8.62. The van der Waals surface area contributed by atoms with Crippen LogP contribution in [0.1, 0.15) is 17.3 Å². The molecule has 3 aromatic rings. The molecule has 0 atom stereocenters. The summed E-state index contributed by atoms with van der Waals surface area (Å²) in [5.74, 6) is -1.17. The number of Topliss-reactive ketones (excluding diaryl/α,β-unsaturated/α-hetero) is 1. The molecule has 0 saturated carbocycles. The largest absolute Gasteiger partial charge is 0.494 e. The van der Waals surface area contributed by atoms with Gasteiger partial charge in [-0.2, -0.15) is 4.68 Å². The third kappa shape index (κ3) is 4.73. The minimum Gasteiger partial charge on any atom is -0.494 e. The van der Waals surface area contributed by atoms with E-state index in [9.17, 15) is 14.4 Å². The van der Waals surface area contributed by atoms with Crippen LogP contribution in [0.15, 0.2) is 63.8 Å². The highest BCUT2D eigenvalue weighted by atomic mass is 16.5. The maximum atomic E-state index is 12.1. The zero-order valence-corrected chi connectivity index (χ0v) is 15.2. The second kappa shape index (κ2) is 8.81. The van der Waals surface area contributed by atoms with E-state index in [1.54, 1.807) is 48.5 Å². The number of aromatic nitrogens is 2. The van der Waals surface area contributed by atoms with Gasteiger partial charge in [-0.25, -0.2) is 4.79 Å². The van der Waals surface area contributed by atoms with E-state index in [0.717, 1.165) is 4.68 Å². The quantitative estimate of drug-likeness (QED) is 0.435. The molecule has 2 aromatic carbocycles. The fourth-order valence-electron chi connectivity index (χ4n) is 2.40.